The average molecular weight is 549 g/mol. The summed E-state index contributed by atoms with van der Waals surface area (Å²) in [5, 5.41) is 4.01. The Kier molecular flexibility index (Phi) is 10.7. The van der Waals surface area contributed by atoms with Gasteiger partial charge in [0.05, 0.1) is 5.75 Å². The lowest BCUT2D eigenvalue weighted by atomic mass is 9.94. The van der Waals surface area contributed by atoms with Crippen molar-refractivity contribution in [1.82, 2.24) is 10.2 Å². The van der Waals surface area contributed by atoms with Gasteiger partial charge in [-0.1, -0.05) is 109 Å². The van der Waals surface area contributed by atoms with Crippen molar-refractivity contribution in [2.24, 2.45) is 0 Å². The number of hydrogen-bond acceptors (Lipinski definition) is 3. The summed E-state index contributed by atoms with van der Waals surface area (Å²) in [6.45, 7) is 2.44. The van der Waals surface area contributed by atoms with Gasteiger partial charge in [-0.05, 0) is 42.5 Å². The molecule has 0 heterocycles. The molecule has 0 aliphatic heterocycles. The van der Waals surface area contributed by atoms with E-state index < -0.39 is 6.04 Å². The molecule has 4 rings (SSSR count). The van der Waals surface area contributed by atoms with Crippen LogP contribution in [-0.4, -0.2) is 34.6 Å². The SMILES string of the molecule is Cc1cccc(CN(C(=O)CSCc2ccccc2Cl)[C@@H](Cc2ccccc2)C(=O)NC2CCCCC2)c1. The molecule has 200 valence electrons. The van der Waals surface area contributed by atoms with E-state index in [0.717, 1.165) is 47.9 Å². The first kappa shape index (κ1) is 28.3. The molecule has 1 aliphatic carbocycles. The predicted octanol–water partition coefficient (Wildman–Crippen LogP) is 6.97. The molecule has 0 spiro atoms. The van der Waals surface area contributed by atoms with Crippen molar-refractivity contribution in [3.63, 3.8) is 0 Å². The van der Waals surface area contributed by atoms with Crippen LogP contribution < -0.4 is 5.32 Å². The van der Waals surface area contributed by atoms with Crippen LogP contribution in [0.5, 0.6) is 0 Å². The smallest absolute Gasteiger partial charge is 0.243 e. The molecule has 1 fully saturated rings. The number of aryl methyl sites for hydroxylation is 1. The van der Waals surface area contributed by atoms with Gasteiger partial charge in [0.1, 0.15) is 6.04 Å². The molecule has 1 saturated carbocycles. The fraction of sp³-hybridized carbons (Fsp3) is 0.375. The lowest BCUT2D eigenvalue weighted by Gasteiger charge is -2.33. The zero-order valence-corrected chi connectivity index (χ0v) is 23.6. The van der Waals surface area contributed by atoms with Crippen molar-refractivity contribution in [3.8, 4) is 0 Å². The van der Waals surface area contributed by atoms with E-state index in [1.807, 2.05) is 79.7 Å². The minimum Gasteiger partial charge on any atom is -0.352 e. The average Bonchev–Trinajstić information content (AvgIpc) is 2.93. The van der Waals surface area contributed by atoms with E-state index in [2.05, 4.69) is 11.4 Å². The molecule has 3 aromatic carbocycles. The van der Waals surface area contributed by atoms with Crippen molar-refractivity contribution in [1.29, 1.82) is 0 Å². The highest BCUT2D eigenvalue weighted by Gasteiger charge is 2.31. The number of carbonyl (C=O) groups is 2. The second kappa shape index (κ2) is 14.4. The van der Waals surface area contributed by atoms with Gasteiger partial charge >= 0.3 is 0 Å². The first-order valence-electron chi connectivity index (χ1n) is 13.5. The van der Waals surface area contributed by atoms with Gasteiger partial charge < -0.3 is 10.2 Å². The third kappa shape index (κ3) is 8.37. The van der Waals surface area contributed by atoms with Crippen LogP contribution >= 0.6 is 23.4 Å². The van der Waals surface area contributed by atoms with Crippen molar-refractivity contribution in [3.05, 3.63) is 106 Å². The van der Waals surface area contributed by atoms with E-state index in [9.17, 15) is 9.59 Å². The molecule has 1 aliphatic rings. The van der Waals surface area contributed by atoms with E-state index in [0.29, 0.717) is 23.7 Å². The predicted molar refractivity (Wildman–Crippen MR) is 158 cm³/mol. The van der Waals surface area contributed by atoms with Crippen LogP contribution in [0.15, 0.2) is 78.9 Å². The summed E-state index contributed by atoms with van der Waals surface area (Å²) < 4.78 is 0. The molecule has 1 N–H and O–H groups in total. The van der Waals surface area contributed by atoms with Gasteiger partial charge in [0, 0.05) is 29.8 Å². The summed E-state index contributed by atoms with van der Waals surface area (Å²) in [6.07, 6.45) is 5.98. The monoisotopic (exact) mass is 548 g/mol. The van der Waals surface area contributed by atoms with E-state index >= 15 is 0 Å². The Balaban J connectivity index is 1.57. The van der Waals surface area contributed by atoms with Gasteiger partial charge in [0.2, 0.25) is 11.8 Å². The molecule has 0 saturated heterocycles. The maximum Gasteiger partial charge on any atom is 0.243 e. The minimum atomic E-state index is -0.590. The quantitative estimate of drug-likeness (QED) is 0.281. The van der Waals surface area contributed by atoms with Crippen LogP contribution in [-0.2, 0) is 28.3 Å². The molecular weight excluding hydrogens is 512 g/mol. The van der Waals surface area contributed by atoms with Gasteiger partial charge in [-0.3, -0.25) is 9.59 Å². The Morgan fingerprint density at radius 1 is 0.947 bits per heavy atom. The lowest BCUT2D eigenvalue weighted by molar-refractivity contribution is -0.139. The Labute approximate surface area is 236 Å². The summed E-state index contributed by atoms with van der Waals surface area (Å²) in [6, 6.07) is 25.5. The standard InChI is InChI=1S/C32H37ClN2O2S/c1-24-11-10-14-26(19-24)21-35(31(36)23-38-22-27-15-8-9-18-29(27)33)30(20-25-12-4-2-5-13-25)32(37)34-28-16-6-3-7-17-28/h2,4-5,8-15,18-19,28,30H,3,6-7,16-17,20-23H2,1H3,(H,34,37)/t30-/m0/s1. The Morgan fingerprint density at radius 2 is 1.66 bits per heavy atom. The summed E-state index contributed by atoms with van der Waals surface area (Å²) in [7, 11) is 0. The van der Waals surface area contributed by atoms with Crippen LogP contribution in [0.2, 0.25) is 5.02 Å². The molecule has 0 bridgehead atoms. The first-order valence-corrected chi connectivity index (χ1v) is 15.0. The van der Waals surface area contributed by atoms with Crippen molar-refractivity contribution < 1.29 is 9.59 Å². The van der Waals surface area contributed by atoms with Gasteiger partial charge in [-0.2, -0.15) is 0 Å². The third-order valence-corrected chi connectivity index (χ3v) is 8.43. The summed E-state index contributed by atoms with van der Waals surface area (Å²) in [5.41, 5.74) is 4.21. The van der Waals surface area contributed by atoms with E-state index in [-0.39, 0.29) is 23.6 Å². The summed E-state index contributed by atoms with van der Waals surface area (Å²) >= 11 is 7.87. The number of halogens is 1. The largest absolute Gasteiger partial charge is 0.352 e. The second-order valence-electron chi connectivity index (χ2n) is 10.1. The van der Waals surface area contributed by atoms with Crippen LogP contribution in [0.25, 0.3) is 0 Å². The highest BCUT2D eigenvalue weighted by Crippen LogP contribution is 2.23. The highest BCUT2D eigenvalue weighted by molar-refractivity contribution is 7.99. The van der Waals surface area contributed by atoms with E-state index in [1.54, 1.807) is 4.90 Å². The Bertz CT molecular complexity index is 1200. The third-order valence-electron chi connectivity index (χ3n) is 7.10. The number of hydrogen-bond donors (Lipinski definition) is 1. The van der Waals surface area contributed by atoms with Crippen molar-refractivity contribution in [2.45, 2.75) is 69.8 Å². The maximum absolute atomic E-state index is 13.8. The summed E-state index contributed by atoms with van der Waals surface area (Å²) in [5.74, 6) is 0.821. The Hall–Kier alpha value is -2.76. The maximum atomic E-state index is 13.8. The number of rotatable bonds is 11. The van der Waals surface area contributed by atoms with E-state index in [1.165, 1.54) is 18.2 Å². The molecular formula is C32H37ClN2O2S. The molecule has 0 unspecified atom stereocenters. The molecule has 0 aromatic heterocycles. The van der Waals surface area contributed by atoms with E-state index in [4.69, 9.17) is 11.6 Å². The second-order valence-corrected chi connectivity index (χ2v) is 11.5. The number of benzene rings is 3. The molecule has 1 atom stereocenters. The van der Waals surface area contributed by atoms with Gasteiger partial charge in [0.25, 0.3) is 0 Å². The Morgan fingerprint density at radius 3 is 2.39 bits per heavy atom. The van der Waals surface area contributed by atoms with Crippen molar-refractivity contribution >= 4 is 35.2 Å². The number of amides is 2. The fourth-order valence-electron chi connectivity index (χ4n) is 5.05. The normalized spacial score (nSPS) is 14.6. The molecule has 2 amide bonds. The van der Waals surface area contributed by atoms with Crippen molar-refractivity contribution in [2.75, 3.05) is 5.75 Å². The van der Waals surface area contributed by atoms with Gasteiger partial charge in [0.15, 0.2) is 0 Å². The van der Waals surface area contributed by atoms with Gasteiger partial charge in [-0.15, -0.1) is 11.8 Å². The zero-order chi connectivity index (χ0) is 26.7. The number of nitrogens with one attached hydrogen (secondary N) is 1. The van der Waals surface area contributed by atoms with Crippen LogP contribution in [0, 0.1) is 6.92 Å². The topological polar surface area (TPSA) is 49.4 Å². The van der Waals surface area contributed by atoms with Crippen LogP contribution in [0.1, 0.15) is 54.4 Å². The number of nitrogens with zero attached hydrogens (tertiary/aromatic N) is 1. The highest BCUT2D eigenvalue weighted by atomic mass is 35.5. The summed E-state index contributed by atoms with van der Waals surface area (Å²) in [4.78, 5) is 29.4. The minimum absolute atomic E-state index is 0.0386. The molecule has 4 nitrogen and oxygen atoms in total. The fourth-order valence-corrected chi connectivity index (χ4v) is 6.25. The molecule has 3 aromatic rings. The molecule has 0 radical (unpaired) electrons. The van der Waals surface area contributed by atoms with Crippen LogP contribution in [0.4, 0.5) is 0 Å². The first-order chi connectivity index (χ1) is 18.5. The zero-order valence-electron chi connectivity index (χ0n) is 22.1. The molecule has 6 heteroatoms. The van der Waals surface area contributed by atoms with Gasteiger partial charge in [-0.25, -0.2) is 0 Å². The number of thioether (sulfide) groups is 1. The number of carbonyl (C=O) groups excluding carboxylic acids is 2. The molecule has 38 heavy (non-hydrogen) atoms. The van der Waals surface area contributed by atoms with Crippen LogP contribution in [0.3, 0.4) is 0 Å². The lowest BCUT2D eigenvalue weighted by Crippen LogP contribution is -2.53.